The Bertz CT molecular complexity index is 1420. The van der Waals surface area contributed by atoms with Crippen molar-refractivity contribution in [3.05, 3.63) is 33.9 Å². The average Bonchev–Trinajstić information content (AvgIpc) is 3.61. The number of carboxylic acids is 1. The van der Waals surface area contributed by atoms with Gasteiger partial charge in [0.2, 0.25) is 5.43 Å². The van der Waals surface area contributed by atoms with Gasteiger partial charge in [0, 0.05) is 31.9 Å². The topological polar surface area (TPSA) is 139 Å². The highest BCUT2D eigenvalue weighted by atomic mass is 19.1. The summed E-state index contributed by atoms with van der Waals surface area (Å²) < 4.78 is 53.1. The molecule has 5 atom stereocenters. The van der Waals surface area contributed by atoms with Crippen LogP contribution >= 0.6 is 0 Å². The number of rotatable bonds is 9. The van der Waals surface area contributed by atoms with E-state index in [4.69, 9.17) is 28.4 Å². The number of ether oxygens (including phenoxy) is 6. The summed E-state index contributed by atoms with van der Waals surface area (Å²) in [6, 6.07) is 1.11. The molecule has 0 unspecified atom stereocenters. The van der Waals surface area contributed by atoms with E-state index in [0.717, 1.165) is 18.9 Å². The third-order valence-corrected chi connectivity index (χ3v) is 7.80. The number of carbonyl (C=O) groups is 1. The number of nitrogens with one attached hydrogen (secondary N) is 2. The molecule has 0 bridgehead atoms. The minimum Gasteiger partial charge on any atom is -0.492 e. The third kappa shape index (κ3) is 5.19. The molecule has 0 radical (unpaired) electrons. The van der Waals surface area contributed by atoms with Crippen molar-refractivity contribution >= 4 is 22.6 Å². The quantitative estimate of drug-likeness (QED) is 0.379. The van der Waals surface area contributed by atoms with Gasteiger partial charge in [-0.15, -0.1) is 0 Å². The van der Waals surface area contributed by atoms with Crippen LogP contribution in [-0.4, -0.2) is 84.7 Å². The van der Waals surface area contributed by atoms with Gasteiger partial charge in [-0.25, -0.2) is 9.18 Å². The predicted molar refractivity (Wildman–Crippen MR) is 144 cm³/mol. The number of hydrogen-bond acceptors (Lipinski definition) is 10. The zero-order valence-electron chi connectivity index (χ0n) is 23.7. The highest BCUT2D eigenvalue weighted by Gasteiger charge is 2.60. The second-order valence-corrected chi connectivity index (χ2v) is 11.8. The Balaban J connectivity index is 1.16. The van der Waals surface area contributed by atoms with E-state index in [0.29, 0.717) is 25.2 Å². The van der Waals surface area contributed by atoms with E-state index in [1.807, 2.05) is 27.7 Å². The molecule has 0 amide bonds. The Morgan fingerprint density at radius 3 is 2.46 bits per heavy atom. The number of aromatic carboxylic acids is 1. The minimum atomic E-state index is -1.35. The van der Waals surface area contributed by atoms with Gasteiger partial charge < -0.3 is 48.7 Å². The normalized spacial score (nSPS) is 29.8. The molecule has 4 fully saturated rings. The molecule has 4 heterocycles. The number of methoxy groups -OCH3 is 1. The van der Waals surface area contributed by atoms with Gasteiger partial charge in [-0.1, -0.05) is 0 Å². The molecule has 1 aromatic carbocycles. The molecule has 3 saturated heterocycles. The third-order valence-electron chi connectivity index (χ3n) is 7.80. The summed E-state index contributed by atoms with van der Waals surface area (Å²) in [6.07, 6.45) is 0.912. The van der Waals surface area contributed by atoms with Crippen LogP contribution in [-0.2, 0) is 23.7 Å². The van der Waals surface area contributed by atoms with E-state index in [1.165, 1.54) is 13.3 Å². The lowest BCUT2D eigenvalue weighted by Gasteiger charge is -2.37. The molecule has 1 aliphatic carbocycles. The zero-order valence-corrected chi connectivity index (χ0v) is 23.7. The van der Waals surface area contributed by atoms with Crippen LogP contribution in [0.25, 0.3) is 10.9 Å². The fourth-order valence-corrected chi connectivity index (χ4v) is 5.99. The SMILES string of the molecule is COc1c(NCCNC[C@H]2O[C@@H]3OC(C)(C)O[C@@H]3[C@H]3OC(C)(C)O[C@H]32)c(F)cc2c(=O)c(C(=O)O)cn(C3CC3)c12. The van der Waals surface area contributed by atoms with Crippen LogP contribution in [0.4, 0.5) is 10.1 Å². The molecule has 3 N–H and O–H groups in total. The highest BCUT2D eigenvalue weighted by molar-refractivity contribution is 5.97. The molecule has 3 aliphatic heterocycles. The first-order valence-corrected chi connectivity index (χ1v) is 13.9. The Hall–Kier alpha value is -2.81. The first kappa shape index (κ1) is 28.3. The lowest BCUT2D eigenvalue weighted by Crippen LogP contribution is -2.57. The van der Waals surface area contributed by atoms with Crippen molar-refractivity contribution in [1.82, 2.24) is 9.88 Å². The molecule has 224 valence electrons. The summed E-state index contributed by atoms with van der Waals surface area (Å²) in [5.41, 5.74) is -0.666. The van der Waals surface area contributed by atoms with Crippen LogP contribution in [0.1, 0.15) is 56.9 Å². The number of carboxylic acid groups (broad SMARTS) is 1. The number of benzene rings is 1. The first-order chi connectivity index (χ1) is 19.4. The number of pyridine rings is 1. The molecule has 13 heteroatoms. The molecule has 12 nitrogen and oxygen atoms in total. The van der Waals surface area contributed by atoms with Crippen molar-refractivity contribution < 1.29 is 42.7 Å². The molecule has 41 heavy (non-hydrogen) atoms. The van der Waals surface area contributed by atoms with Gasteiger partial charge in [-0.3, -0.25) is 4.79 Å². The summed E-state index contributed by atoms with van der Waals surface area (Å²) in [5.74, 6) is -3.49. The summed E-state index contributed by atoms with van der Waals surface area (Å²) in [6.45, 7) is 8.55. The lowest BCUT2D eigenvalue weighted by atomic mass is 9.99. The number of halogens is 1. The summed E-state index contributed by atoms with van der Waals surface area (Å²) >= 11 is 0. The fraction of sp³-hybridized carbons (Fsp3) is 0.643. The highest BCUT2D eigenvalue weighted by Crippen LogP contribution is 2.44. The summed E-state index contributed by atoms with van der Waals surface area (Å²) in [7, 11) is 1.40. The van der Waals surface area contributed by atoms with Crippen LogP contribution in [0, 0.1) is 5.82 Å². The monoisotopic (exact) mass is 577 g/mol. The Morgan fingerprint density at radius 2 is 1.78 bits per heavy atom. The molecule has 6 rings (SSSR count). The maximum absolute atomic E-state index is 15.3. The van der Waals surface area contributed by atoms with Gasteiger partial charge >= 0.3 is 5.97 Å². The van der Waals surface area contributed by atoms with Crippen LogP contribution in [0.2, 0.25) is 0 Å². The van der Waals surface area contributed by atoms with Gasteiger partial charge in [-0.05, 0) is 46.6 Å². The molecule has 4 aliphatic rings. The second-order valence-electron chi connectivity index (χ2n) is 11.8. The number of fused-ring (bicyclic) bond motifs is 4. The lowest BCUT2D eigenvalue weighted by molar-refractivity contribution is -0.232. The number of aromatic nitrogens is 1. The molecule has 1 aromatic heterocycles. The van der Waals surface area contributed by atoms with Crippen molar-refractivity contribution in [2.75, 3.05) is 32.1 Å². The Labute approximate surface area is 236 Å². The maximum Gasteiger partial charge on any atom is 0.341 e. The first-order valence-electron chi connectivity index (χ1n) is 13.9. The van der Waals surface area contributed by atoms with E-state index in [1.54, 1.807) is 4.57 Å². The van der Waals surface area contributed by atoms with E-state index >= 15 is 4.39 Å². The van der Waals surface area contributed by atoms with Crippen molar-refractivity contribution in [2.24, 2.45) is 0 Å². The Kier molecular flexibility index (Phi) is 7.03. The fourth-order valence-electron chi connectivity index (χ4n) is 5.99. The van der Waals surface area contributed by atoms with E-state index in [-0.39, 0.29) is 41.2 Å². The van der Waals surface area contributed by atoms with E-state index < -0.39 is 46.7 Å². The summed E-state index contributed by atoms with van der Waals surface area (Å²) in [5, 5.41) is 15.9. The zero-order chi connectivity index (χ0) is 29.3. The number of anilines is 1. The van der Waals surface area contributed by atoms with Crippen molar-refractivity contribution in [3.8, 4) is 5.75 Å². The molecular weight excluding hydrogens is 541 g/mol. The molecular formula is C28H36FN3O9. The summed E-state index contributed by atoms with van der Waals surface area (Å²) in [4.78, 5) is 24.5. The Morgan fingerprint density at radius 1 is 1.10 bits per heavy atom. The van der Waals surface area contributed by atoms with Gasteiger partial charge in [-0.2, -0.15) is 0 Å². The van der Waals surface area contributed by atoms with E-state index in [9.17, 15) is 14.7 Å². The second kappa shape index (κ2) is 10.2. The van der Waals surface area contributed by atoms with Crippen LogP contribution in [0.3, 0.4) is 0 Å². The molecule has 2 aromatic rings. The van der Waals surface area contributed by atoms with Crippen molar-refractivity contribution in [2.45, 2.75) is 88.9 Å². The minimum absolute atomic E-state index is 0.0237. The predicted octanol–water partition coefficient (Wildman–Crippen LogP) is 2.58. The van der Waals surface area contributed by atoms with Crippen LogP contribution < -0.4 is 20.8 Å². The number of hydrogen-bond donors (Lipinski definition) is 3. The van der Waals surface area contributed by atoms with Crippen LogP contribution in [0.5, 0.6) is 5.75 Å². The van der Waals surface area contributed by atoms with Gasteiger partial charge in [0.15, 0.2) is 29.4 Å². The largest absolute Gasteiger partial charge is 0.492 e. The maximum atomic E-state index is 15.3. The molecule has 1 saturated carbocycles. The van der Waals surface area contributed by atoms with Gasteiger partial charge in [0.25, 0.3) is 0 Å². The molecule has 0 spiro atoms. The van der Waals surface area contributed by atoms with Crippen molar-refractivity contribution in [3.63, 3.8) is 0 Å². The van der Waals surface area contributed by atoms with E-state index in [2.05, 4.69) is 10.6 Å². The number of nitrogens with zero attached hydrogens (tertiary/aromatic N) is 1. The van der Waals surface area contributed by atoms with Crippen LogP contribution in [0.15, 0.2) is 17.1 Å². The van der Waals surface area contributed by atoms with Gasteiger partial charge in [0.1, 0.15) is 35.7 Å². The standard InChI is InChI=1S/C28H36FN3O9/c1-27(2)38-21-17(37-26-24(23(21)39-27)40-28(3,4)41-26)11-30-8-9-31-18-16(29)10-14-19(22(18)36-5)32(13-6-7-13)12-15(20(14)33)25(34)35/h10,12-13,17,21,23-24,26,30-31H,6-9,11H2,1-5H3,(H,34,35)/t17-,21+,23+,24-,26-/m1/s1. The van der Waals surface area contributed by atoms with Gasteiger partial charge in [0.05, 0.1) is 18.0 Å². The van der Waals surface area contributed by atoms with Crippen molar-refractivity contribution in [1.29, 1.82) is 0 Å². The smallest absolute Gasteiger partial charge is 0.341 e. The average molecular weight is 578 g/mol.